The van der Waals surface area contributed by atoms with Crippen molar-refractivity contribution in [1.29, 1.82) is 0 Å². The van der Waals surface area contributed by atoms with Crippen LogP contribution in [0.25, 0.3) is 0 Å². The van der Waals surface area contributed by atoms with Crippen molar-refractivity contribution >= 4 is 5.78 Å². The average molecular weight is 225 g/mol. The van der Waals surface area contributed by atoms with Crippen LogP contribution in [0.3, 0.4) is 0 Å². The fourth-order valence-corrected chi connectivity index (χ4v) is 2.01. The minimum absolute atomic E-state index is 0.157. The van der Waals surface area contributed by atoms with Gasteiger partial charge in [-0.25, -0.2) is 8.78 Å². The number of carbonyl (C=O) groups is 1. The summed E-state index contributed by atoms with van der Waals surface area (Å²) >= 11 is 0. The molecule has 0 spiro atoms. The van der Waals surface area contributed by atoms with E-state index in [1.165, 1.54) is 12.1 Å². The molecule has 0 aromatic heterocycles. The maximum atomic E-state index is 12.9. The first-order valence-corrected chi connectivity index (χ1v) is 5.33. The summed E-state index contributed by atoms with van der Waals surface area (Å²) in [5.74, 6) is -1.17. The Bertz CT molecular complexity index is 386. The molecule has 2 rings (SSSR count). The van der Waals surface area contributed by atoms with Crippen molar-refractivity contribution in [3.63, 3.8) is 0 Å². The van der Waals surface area contributed by atoms with E-state index in [4.69, 9.17) is 0 Å². The van der Waals surface area contributed by atoms with Gasteiger partial charge in [0, 0.05) is 31.5 Å². The van der Waals surface area contributed by atoms with E-state index in [9.17, 15) is 13.6 Å². The van der Waals surface area contributed by atoms with Crippen LogP contribution in [-0.2, 0) is 11.2 Å². The standard InChI is InChI=1S/C12H13F2NO/c13-10-4-8(5-11(14)6-10)3-9-7-15-2-1-12(9)16/h4-6,9,15H,1-3,7H2. The number of benzene rings is 1. The van der Waals surface area contributed by atoms with Gasteiger partial charge in [-0.05, 0) is 24.1 Å². The quantitative estimate of drug-likeness (QED) is 0.829. The second-order valence-electron chi connectivity index (χ2n) is 4.10. The number of hydrogen-bond acceptors (Lipinski definition) is 2. The molecular formula is C12H13F2NO. The predicted molar refractivity (Wildman–Crippen MR) is 56.0 cm³/mol. The summed E-state index contributed by atoms with van der Waals surface area (Å²) in [5, 5.41) is 3.11. The SMILES string of the molecule is O=C1CCNCC1Cc1cc(F)cc(F)c1. The summed E-state index contributed by atoms with van der Waals surface area (Å²) in [6, 6.07) is 3.40. The van der Waals surface area contributed by atoms with Gasteiger partial charge in [0.1, 0.15) is 17.4 Å². The van der Waals surface area contributed by atoms with E-state index >= 15 is 0 Å². The molecule has 16 heavy (non-hydrogen) atoms. The molecule has 1 fully saturated rings. The van der Waals surface area contributed by atoms with Crippen molar-refractivity contribution in [2.45, 2.75) is 12.8 Å². The van der Waals surface area contributed by atoms with E-state index in [2.05, 4.69) is 5.32 Å². The van der Waals surface area contributed by atoms with Crippen molar-refractivity contribution in [3.8, 4) is 0 Å². The van der Waals surface area contributed by atoms with Crippen LogP contribution in [0.5, 0.6) is 0 Å². The normalized spacial score (nSPS) is 21.1. The summed E-state index contributed by atoms with van der Waals surface area (Å²) in [6.45, 7) is 1.30. The van der Waals surface area contributed by atoms with Gasteiger partial charge in [0.2, 0.25) is 0 Å². The molecule has 2 nitrogen and oxygen atoms in total. The fraction of sp³-hybridized carbons (Fsp3) is 0.417. The van der Waals surface area contributed by atoms with E-state index in [1.54, 1.807) is 0 Å². The monoisotopic (exact) mass is 225 g/mol. The van der Waals surface area contributed by atoms with Gasteiger partial charge in [-0.1, -0.05) is 0 Å². The Labute approximate surface area is 92.7 Å². The molecule has 1 unspecified atom stereocenters. The van der Waals surface area contributed by atoms with Crippen LogP contribution >= 0.6 is 0 Å². The van der Waals surface area contributed by atoms with E-state index in [1.807, 2.05) is 0 Å². The average Bonchev–Trinajstić information content (AvgIpc) is 2.20. The molecule has 0 saturated carbocycles. The van der Waals surface area contributed by atoms with Crippen LogP contribution in [0, 0.1) is 17.6 Å². The van der Waals surface area contributed by atoms with Crippen molar-refractivity contribution in [1.82, 2.24) is 5.32 Å². The first-order chi connectivity index (χ1) is 7.65. The second-order valence-corrected chi connectivity index (χ2v) is 4.10. The molecule has 1 aromatic rings. The van der Waals surface area contributed by atoms with E-state index < -0.39 is 11.6 Å². The highest BCUT2D eigenvalue weighted by molar-refractivity contribution is 5.82. The van der Waals surface area contributed by atoms with Gasteiger partial charge in [0.15, 0.2) is 0 Å². The Hall–Kier alpha value is -1.29. The first-order valence-electron chi connectivity index (χ1n) is 5.33. The number of hydrogen-bond donors (Lipinski definition) is 1. The third-order valence-electron chi connectivity index (χ3n) is 2.80. The highest BCUT2D eigenvalue weighted by Gasteiger charge is 2.22. The Morgan fingerprint density at radius 1 is 1.25 bits per heavy atom. The van der Waals surface area contributed by atoms with Gasteiger partial charge in [0.25, 0.3) is 0 Å². The molecule has 1 N–H and O–H groups in total. The molecule has 1 heterocycles. The summed E-state index contributed by atoms with van der Waals surface area (Å²) in [7, 11) is 0. The van der Waals surface area contributed by atoms with Crippen molar-refractivity contribution in [2.24, 2.45) is 5.92 Å². The minimum Gasteiger partial charge on any atom is -0.316 e. The smallest absolute Gasteiger partial charge is 0.138 e. The maximum absolute atomic E-state index is 12.9. The summed E-state index contributed by atoms with van der Waals surface area (Å²) in [4.78, 5) is 11.5. The Morgan fingerprint density at radius 2 is 1.94 bits per heavy atom. The third kappa shape index (κ3) is 2.64. The second kappa shape index (κ2) is 4.70. The maximum Gasteiger partial charge on any atom is 0.138 e. The van der Waals surface area contributed by atoms with Gasteiger partial charge in [-0.2, -0.15) is 0 Å². The zero-order valence-corrected chi connectivity index (χ0v) is 8.80. The van der Waals surface area contributed by atoms with Crippen molar-refractivity contribution in [2.75, 3.05) is 13.1 Å². The Morgan fingerprint density at radius 3 is 2.56 bits per heavy atom. The van der Waals surface area contributed by atoms with Crippen LogP contribution in [0.4, 0.5) is 8.78 Å². The zero-order chi connectivity index (χ0) is 11.5. The summed E-state index contributed by atoms with van der Waals surface area (Å²) in [5.41, 5.74) is 0.541. The van der Waals surface area contributed by atoms with Crippen LogP contribution in [-0.4, -0.2) is 18.9 Å². The number of carbonyl (C=O) groups excluding carboxylic acids is 1. The summed E-state index contributed by atoms with van der Waals surface area (Å²) < 4.78 is 25.9. The lowest BCUT2D eigenvalue weighted by molar-refractivity contribution is -0.123. The van der Waals surface area contributed by atoms with E-state index in [-0.39, 0.29) is 11.7 Å². The van der Waals surface area contributed by atoms with E-state index in [0.717, 1.165) is 6.07 Å². The molecule has 86 valence electrons. The zero-order valence-electron chi connectivity index (χ0n) is 8.80. The number of ketones is 1. The van der Waals surface area contributed by atoms with Gasteiger partial charge in [0.05, 0.1) is 0 Å². The van der Waals surface area contributed by atoms with Gasteiger partial charge in [-0.3, -0.25) is 4.79 Å². The van der Waals surface area contributed by atoms with Crippen LogP contribution in [0.2, 0.25) is 0 Å². The highest BCUT2D eigenvalue weighted by atomic mass is 19.1. The van der Waals surface area contributed by atoms with Crippen LogP contribution in [0.1, 0.15) is 12.0 Å². The molecule has 0 bridgehead atoms. The topological polar surface area (TPSA) is 29.1 Å². The van der Waals surface area contributed by atoms with E-state index in [0.29, 0.717) is 31.5 Å². The van der Waals surface area contributed by atoms with Crippen molar-refractivity contribution < 1.29 is 13.6 Å². The first kappa shape index (κ1) is 11.2. The Balaban J connectivity index is 2.10. The van der Waals surface area contributed by atoms with Gasteiger partial charge < -0.3 is 5.32 Å². The van der Waals surface area contributed by atoms with Gasteiger partial charge in [-0.15, -0.1) is 0 Å². The molecule has 0 aliphatic carbocycles. The number of halogens is 2. The molecule has 1 aromatic carbocycles. The number of rotatable bonds is 2. The van der Waals surface area contributed by atoms with Crippen molar-refractivity contribution in [3.05, 3.63) is 35.4 Å². The molecule has 1 aliphatic rings. The fourth-order valence-electron chi connectivity index (χ4n) is 2.01. The predicted octanol–water partition coefficient (Wildman–Crippen LogP) is 1.69. The molecule has 4 heteroatoms. The lowest BCUT2D eigenvalue weighted by atomic mass is 9.91. The lowest BCUT2D eigenvalue weighted by Gasteiger charge is -2.21. The van der Waals surface area contributed by atoms with Crippen LogP contribution < -0.4 is 5.32 Å². The molecule has 0 amide bonds. The number of Topliss-reactive ketones (excluding diaryl/α,β-unsaturated/α-hetero) is 1. The Kier molecular flexibility index (Phi) is 3.29. The number of nitrogens with one attached hydrogen (secondary N) is 1. The molecular weight excluding hydrogens is 212 g/mol. The number of piperidine rings is 1. The summed E-state index contributed by atoms with van der Waals surface area (Å²) in [6.07, 6.45) is 0.906. The molecule has 0 radical (unpaired) electrons. The molecule has 1 atom stereocenters. The minimum atomic E-state index is -0.591. The molecule has 1 aliphatic heterocycles. The molecule has 1 saturated heterocycles. The van der Waals surface area contributed by atoms with Crippen LogP contribution in [0.15, 0.2) is 18.2 Å². The lowest BCUT2D eigenvalue weighted by Crippen LogP contribution is -2.37. The third-order valence-corrected chi connectivity index (χ3v) is 2.80. The highest BCUT2D eigenvalue weighted by Crippen LogP contribution is 2.16. The largest absolute Gasteiger partial charge is 0.316 e. The van der Waals surface area contributed by atoms with Gasteiger partial charge >= 0.3 is 0 Å².